The Labute approximate surface area is 344 Å². The van der Waals surface area contributed by atoms with E-state index in [1.807, 2.05) is 18.2 Å². The standard InChI is InChI=1S/C47H72NO8P/c1-3-5-7-9-11-13-15-17-19-21-22-24-25-27-29-31-33-35-37-39-46(49)53-43-45(44-55-57(51,52)54-42-41-48)56-47(50)40-38-36-34-32-30-28-26-23-20-18-16-14-12-10-8-6-4-2/h5-8,11-14,17-20,22,24,26-29,32-35,45H,3-4,9-10,15-16,21,23,25,30-31,36-44,48H2,1-2H3,(H,51,52)/b7-5-,8-6-,13-11-,14-12-,19-17-,20-18-,24-22-,28-26-,29-27-,34-32-,35-33-/t45-/m1/s1. The van der Waals surface area contributed by atoms with Crippen molar-refractivity contribution >= 4 is 19.8 Å². The summed E-state index contributed by atoms with van der Waals surface area (Å²) in [5.41, 5.74) is 5.33. The first-order chi connectivity index (χ1) is 27.8. The lowest BCUT2D eigenvalue weighted by Gasteiger charge is -2.19. The second-order valence-electron chi connectivity index (χ2n) is 12.7. The summed E-state index contributed by atoms with van der Waals surface area (Å²) in [5.74, 6) is -1.01. The molecule has 1 unspecified atom stereocenters. The Bertz CT molecular complexity index is 1380. The van der Waals surface area contributed by atoms with Crippen molar-refractivity contribution in [3.05, 3.63) is 134 Å². The number of hydrogen-bond acceptors (Lipinski definition) is 8. The summed E-state index contributed by atoms with van der Waals surface area (Å²) in [6.07, 6.45) is 57.9. The van der Waals surface area contributed by atoms with Gasteiger partial charge in [0.25, 0.3) is 0 Å². The first kappa shape index (κ1) is 53.1. The first-order valence-corrected chi connectivity index (χ1v) is 22.2. The number of ether oxygens (including phenoxy) is 2. The van der Waals surface area contributed by atoms with Crippen LogP contribution < -0.4 is 5.73 Å². The van der Waals surface area contributed by atoms with Crippen LogP contribution in [0.1, 0.15) is 117 Å². The zero-order valence-electron chi connectivity index (χ0n) is 34.8. The van der Waals surface area contributed by atoms with E-state index in [0.717, 1.165) is 70.6 Å². The van der Waals surface area contributed by atoms with E-state index in [4.69, 9.17) is 24.3 Å². The van der Waals surface area contributed by atoms with E-state index in [2.05, 4.69) is 129 Å². The van der Waals surface area contributed by atoms with E-state index in [1.54, 1.807) is 0 Å². The summed E-state index contributed by atoms with van der Waals surface area (Å²) in [6, 6.07) is 0. The minimum absolute atomic E-state index is 0.0264. The fraction of sp³-hybridized carbons (Fsp3) is 0.489. The van der Waals surface area contributed by atoms with Gasteiger partial charge in [-0.05, 0) is 89.9 Å². The van der Waals surface area contributed by atoms with Crippen LogP contribution in [0.15, 0.2) is 134 Å². The second-order valence-corrected chi connectivity index (χ2v) is 14.2. The average Bonchev–Trinajstić information content (AvgIpc) is 3.20. The number of carbonyl (C=O) groups is 2. The molecule has 0 rings (SSSR count). The van der Waals surface area contributed by atoms with Gasteiger partial charge in [0.2, 0.25) is 0 Å². The molecule has 2 atom stereocenters. The lowest BCUT2D eigenvalue weighted by molar-refractivity contribution is -0.161. The fourth-order valence-corrected chi connectivity index (χ4v) is 5.34. The molecule has 9 nitrogen and oxygen atoms in total. The number of carbonyl (C=O) groups excluding carboxylic acids is 2. The molecule has 0 amide bonds. The number of phosphoric ester groups is 1. The molecule has 318 valence electrons. The summed E-state index contributed by atoms with van der Waals surface area (Å²) in [4.78, 5) is 34.8. The minimum atomic E-state index is -4.42. The van der Waals surface area contributed by atoms with Crippen LogP contribution >= 0.6 is 7.82 Å². The maximum absolute atomic E-state index is 12.5. The van der Waals surface area contributed by atoms with Gasteiger partial charge in [0.15, 0.2) is 6.10 Å². The van der Waals surface area contributed by atoms with E-state index in [-0.39, 0.29) is 32.6 Å². The number of phosphoric acid groups is 1. The van der Waals surface area contributed by atoms with Crippen LogP contribution in [0.5, 0.6) is 0 Å². The molecule has 0 aromatic carbocycles. The molecule has 0 aliphatic heterocycles. The molecular weight excluding hydrogens is 737 g/mol. The van der Waals surface area contributed by atoms with Crippen LogP contribution in [0.3, 0.4) is 0 Å². The molecule has 0 heterocycles. The SMILES string of the molecule is CC/C=C\C/C=C\C/C=C\C/C=C\C/C=C\C/C=C\CCC(=O)OC[C@H](COP(=O)(O)OCCN)OC(=O)CCC/C=C\C/C=C\C/C=C\C/C=C\C/C=C\CC. The molecule has 0 aromatic heterocycles. The summed E-state index contributed by atoms with van der Waals surface area (Å²) in [5, 5.41) is 0. The van der Waals surface area contributed by atoms with Crippen LogP contribution in [0.2, 0.25) is 0 Å². The van der Waals surface area contributed by atoms with Gasteiger partial charge in [0.1, 0.15) is 6.61 Å². The number of hydrogen-bond donors (Lipinski definition) is 2. The molecule has 0 saturated carbocycles. The lowest BCUT2D eigenvalue weighted by Crippen LogP contribution is -2.29. The highest BCUT2D eigenvalue weighted by Gasteiger charge is 2.25. The number of nitrogens with two attached hydrogens (primary N) is 1. The quantitative estimate of drug-likeness (QED) is 0.0274. The van der Waals surface area contributed by atoms with E-state index in [0.29, 0.717) is 19.3 Å². The monoisotopic (exact) mass is 809 g/mol. The molecule has 0 aliphatic rings. The van der Waals surface area contributed by atoms with Crippen LogP contribution in [0, 0.1) is 0 Å². The molecule has 0 spiro atoms. The van der Waals surface area contributed by atoms with Crippen molar-refractivity contribution in [2.45, 2.75) is 123 Å². The van der Waals surface area contributed by atoms with Crippen LogP contribution in [-0.2, 0) is 32.7 Å². The van der Waals surface area contributed by atoms with E-state index in [1.165, 1.54) is 0 Å². The Morgan fingerprint density at radius 2 is 0.912 bits per heavy atom. The van der Waals surface area contributed by atoms with E-state index >= 15 is 0 Å². The van der Waals surface area contributed by atoms with Gasteiger partial charge in [-0.1, -0.05) is 148 Å². The molecule has 0 radical (unpaired) electrons. The molecule has 0 aromatic rings. The van der Waals surface area contributed by atoms with Crippen molar-refractivity contribution in [3.8, 4) is 0 Å². The Morgan fingerprint density at radius 3 is 1.32 bits per heavy atom. The second kappa shape index (κ2) is 41.8. The van der Waals surface area contributed by atoms with Gasteiger partial charge in [-0.3, -0.25) is 18.6 Å². The lowest BCUT2D eigenvalue weighted by atomic mass is 10.2. The highest BCUT2D eigenvalue weighted by atomic mass is 31.2. The van der Waals surface area contributed by atoms with Crippen molar-refractivity contribution < 1.29 is 37.6 Å². The van der Waals surface area contributed by atoms with Gasteiger partial charge < -0.3 is 20.1 Å². The third-order valence-corrected chi connectivity index (χ3v) is 8.53. The van der Waals surface area contributed by atoms with Gasteiger partial charge in [-0.25, -0.2) is 4.57 Å². The smallest absolute Gasteiger partial charge is 0.462 e. The van der Waals surface area contributed by atoms with Gasteiger partial charge in [-0.15, -0.1) is 0 Å². The highest BCUT2D eigenvalue weighted by Crippen LogP contribution is 2.43. The van der Waals surface area contributed by atoms with Gasteiger partial charge in [0.05, 0.1) is 13.2 Å². The third kappa shape index (κ3) is 41.6. The predicted molar refractivity (Wildman–Crippen MR) is 237 cm³/mol. The fourth-order valence-electron chi connectivity index (χ4n) is 4.58. The summed E-state index contributed by atoms with van der Waals surface area (Å²) in [6.45, 7) is 3.30. The van der Waals surface area contributed by atoms with Crippen molar-refractivity contribution in [1.82, 2.24) is 0 Å². The highest BCUT2D eigenvalue weighted by molar-refractivity contribution is 7.47. The third-order valence-electron chi connectivity index (χ3n) is 7.55. The van der Waals surface area contributed by atoms with E-state index in [9.17, 15) is 19.0 Å². The normalized spacial score (nSPS) is 14.7. The summed E-state index contributed by atoms with van der Waals surface area (Å²) >= 11 is 0. The minimum Gasteiger partial charge on any atom is -0.462 e. The Kier molecular flexibility index (Phi) is 39.0. The van der Waals surface area contributed by atoms with E-state index < -0.39 is 32.5 Å². The Hall–Kier alpha value is -3.85. The predicted octanol–water partition coefficient (Wildman–Crippen LogP) is 11.9. The molecule has 0 saturated heterocycles. The molecule has 0 bridgehead atoms. The number of rotatable bonds is 36. The van der Waals surface area contributed by atoms with Crippen molar-refractivity contribution in [2.75, 3.05) is 26.4 Å². The average molecular weight is 810 g/mol. The van der Waals surface area contributed by atoms with Gasteiger partial charge >= 0.3 is 19.8 Å². The molecule has 57 heavy (non-hydrogen) atoms. The number of esters is 2. The zero-order valence-corrected chi connectivity index (χ0v) is 35.6. The molecular formula is C47H72NO8P. The van der Waals surface area contributed by atoms with Crippen LogP contribution in [0.4, 0.5) is 0 Å². The van der Waals surface area contributed by atoms with Gasteiger partial charge in [-0.2, -0.15) is 0 Å². The number of unbranched alkanes of at least 4 members (excludes halogenated alkanes) is 1. The molecule has 0 fully saturated rings. The molecule has 0 aliphatic carbocycles. The Balaban J connectivity index is 4.44. The zero-order chi connectivity index (χ0) is 41.8. The maximum atomic E-state index is 12.5. The topological polar surface area (TPSA) is 134 Å². The summed E-state index contributed by atoms with van der Waals surface area (Å²) < 4.78 is 32.6. The summed E-state index contributed by atoms with van der Waals surface area (Å²) in [7, 11) is -4.42. The largest absolute Gasteiger partial charge is 0.472 e. The van der Waals surface area contributed by atoms with Crippen molar-refractivity contribution in [2.24, 2.45) is 5.73 Å². The van der Waals surface area contributed by atoms with Crippen molar-refractivity contribution in [3.63, 3.8) is 0 Å². The first-order valence-electron chi connectivity index (χ1n) is 20.7. The number of allylic oxidation sites excluding steroid dienone is 22. The van der Waals surface area contributed by atoms with Crippen LogP contribution in [0.25, 0.3) is 0 Å². The van der Waals surface area contributed by atoms with Crippen molar-refractivity contribution in [1.29, 1.82) is 0 Å². The van der Waals surface area contributed by atoms with Gasteiger partial charge in [0, 0.05) is 19.4 Å². The Morgan fingerprint density at radius 1 is 0.526 bits per heavy atom. The maximum Gasteiger partial charge on any atom is 0.472 e. The van der Waals surface area contributed by atoms with Crippen LogP contribution in [-0.4, -0.2) is 49.3 Å². The molecule has 10 heteroatoms. The molecule has 3 N–H and O–H groups in total.